The van der Waals surface area contributed by atoms with Crippen molar-refractivity contribution in [1.82, 2.24) is 10.6 Å². The summed E-state index contributed by atoms with van der Waals surface area (Å²) in [6.07, 6.45) is -0.564. The summed E-state index contributed by atoms with van der Waals surface area (Å²) in [7, 11) is 0. The van der Waals surface area contributed by atoms with Crippen LogP contribution in [0.15, 0.2) is 0 Å². The number of rotatable bonds is 4. The Hall–Kier alpha value is -1.10. The van der Waals surface area contributed by atoms with E-state index in [1.54, 1.807) is 6.92 Å². The molecule has 0 heterocycles. The third-order valence-electron chi connectivity index (χ3n) is 1.09. The highest BCUT2D eigenvalue weighted by atomic mass is 16.3. The molecule has 0 saturated heterocycles. The molecule has 2 amide bonds. The van der Waals surface area contributed by atoms with Crippen molar-refractivity contribution in [3.63, 3.8) is 0 Å². The molecule has 0 aromatic rings. The Morgan fingerprint density at radius 1 is 1.42 bits per heavy atom. The van der Waals surface area contributed by atoms with Crippen LogP contribution in [0, 0.1) is 0 Å². The summed E-state index contributed by atoms with van der Waals surface area (Å²) in [5.74, 6) is -0.548. The Bertz CT molecular complexity index is 168. The molecule has 5 heteroatoms. The molecule has 0 unspecified atom stereocenters. The fourth-order valence-electron chi connectivity index (χ4n) is 0.529. The molecule has 5 nitrogen and oxygen atoms in total. The van der Waals surface area contributed by atoms with Gasteiger partial charge < -0.3 is 15.7 Å². The summed E-state index contributed by atoms with van der Waals surface area (Å²) < 4.78 is 0. The SMILES string of the molecule is CC(=O)NCC(=O)NC[C@@H](C)O. The van der Waals surface area contributed by atoms with Crippen LogP contribution in [0.1, 0.15) is 13.8 Å². The van der Waals surface area contributed by atoms with E-state index in [9.17, 15) is 9.59 Å². The molecule has 0 saturated carbocycles. The summed E-state index contributed by atoms with van der Waals surface area (Å²) in [6, 6.07) is 0. The first-order valence-corrected chi connectivity index (χ1v) is 3.71. The van der Waals surface area contributed by atoms with Gasteiger partial charge in [0.15, 0.2) is 0 Å². The molecule has 12 heavy (non-hydrogen) atoms. The van der Waals surface area contributed by atoms with Gasteiger partial charge in [-0.15, -0.1) is 0 Å². The molecule has 0 radical (unpaired) electrons. The Kier molecular flexibility index (Phi) is 5.03. The molecule has 0 aliphatic rings. The number of hydrogen-bond acceptors (Lipinski definition) is 3. The zero-order valence-corrected chi connectivity index (χ0v) is 7.26. The van der Waals surface area contributed by atoms with E-state index in [2.05, 4.69) is 10.6 Å². The van der Waals surface area contributed by atoms with Gasteiger partial charge in [0.05, 0.1) is 12.6 Å². The summed E-state index contributed by atoms with van der Waals surface area (Å²) in [6.45, 7) is 3.07. The van der Waals surface area contributed by atoms with Gasteiger partial charge in [-0.1, -0.05) is 0 Å². The van der Waals surface area contributed by atoms with Gasteiger partial charge in [0.1, 0.15) is 0 Å². The lowest BCUT2D eigenvalue weighted by Gasteiger charge is -2.06. The van der Waals surface area contributed by atoms with E-state index in [4.69, 9.17) is 5.11 Å². The van der Waals surface area contributed by atoms with E-state index < -0.39 is 6.10 Å². The van der Waals surface area contributed by atoms with E-state index in [0.29, 0.717) is 0 Å². The fraction of sp³-hybridized carbons (Fsp3) is 0.714. The standard InChI is InChI=1S/C7H14N2O3/c1-5(10)3-9-7(12)4-8-6(2)11/h5,10H,3-4H2,1-2H3,(H,8,11)(H,9,12)/t5-/m1/s1. The number of amides is 2. The molecule has 0 rings (SSSR count). The first kappa shape index (κ1) is 10.9. The zero-order valence-electron chi connectivity index (χ0n) is 7.26. The zero-order chi connectivity index (χ0) is 9.56. The van der Waals surface area contributed by atoms with E-state index in [1.807, 2.05) is 0 Å². The average Bonchev–Trinajstić information content (AvgIpc) is 1.96. The van der Waals surface area contributed by atoms with Crippen LogP contribution < -0.4 is 10.6 Å². The normalized spacial score (nSPS) is 11.9. The number of nitrogens with one attached hydrogen (secondary N) is 2. The Labute approximate surface area is 71.1 Å². The molecule has 3 N–H and O–H groups in total. The van der Waals surface area contributed by atoms with Gasteiger partial charge in [0, 0.05) is 13.5 Å². The lowest BCUT2D eigenvalue weighted by atomic mass is 10.4. The maximum Gasteiger partial charge on any atom is 0.239 e. The van der Waals surface area contributed by atoms with Crippen molar-refractivity contribution in [2.45, 2.75) is 20.0 Å². The van der Waals surface area contributed by atoms with Crippen LogP contribution in [-0.2, 0) is 9.59 Å². The van der Waals surface area contributed by atoms with Crippen molar-refractivity contribution in [1.29, 1.82) is 0 Å². The highest BCUT2D eigenvalue weighted by Gasteiger charge is 2.02. The topological polar surface area (TPSA) is 78.4 Å². The number of carbonyl (C=O) groups excluding carboxylic acids is 2. The maximum atomic E-state index is 10.8. The van der Waals surface area contributed by atoms with Crippen LogP contribution >= 0.6 is 0 Å². The highest BCUT2D eigenvalue weighted by Crippen LogP contribution is 1.74. The quantitative estimate of drug-likeness (QED) is 0.491. The second-order valence-corrected chi connectivity index (χ2v) is 2.56. The average molecular weight is 174 g/mol. The number of aliphatic hydroxyl groups is 1. The predicted octanol–water partition coefficient (Wildman–Crippen LogP) is -1.38. The number of carbonyl (C=O) groups is 2. The van der Waals surface area contributed by atoms with Crippen molar-refractivity contribution in [3.05, 3.63) is 0 Å². The third kappa shape index (κ3) is 7.01. The summed E-state index contributed by atoms with van der Waals surface area (Å²) >= 11 is 0. The fourth-order valence-corrected chi connectivity index (χ4v) is 0.529. The van der Waals surface area contributed by atoms with Crippen molar-refractivity contribution >= 4 is 11.8 Å². The minimum absolute atomic E-state index is 0.0396. The second-order valence-electron chi connectivity index (χ2n) is 2.56. The summed E-state index contributed by atoms with van der Waals surface area (Å²) in [5, 5.41) is 13.5. The van der Waals surface area contributed by atoms with Crippen LogP contribution in [0.2, 0.25) is 0 Å². The monoisotopic (exact) mass is 174 g/mol. The lowest BCUT2D eigenvalue weighted by Crippen LogP contribution is -2.38. The van der Waals surface area contributed by atoms with E-state index in [0.717, 1.165) is 0 Å². The van der Waals surface area contributed by atoms with Crippen LogP contribution in [0.4, 0.5) is 0 Å². The molecule has 0 aliphatic carbocycles. The molecule has 0 bridgehead atoms. The molecule has 0 fully saturated rings. The first-order chi connectivity index (χ1) is 5.52. The van der Waals surface area contributed by atoms with E-state index >= 15 is 0 Å². The number of aliphatic hydroxyl groups excluding tert-OH is 1. The lowest BCUT2D eigenvalue weighted by molar-refractivity contribution is -0.125. The van der Waals surface area contributed by atoms with Gasteiger partial charge in [0.25, 0.3) is 0 Å². The maximum absolute atomic E-state index is 10.8. The van der Waals surface area contributed by atoms with Crippen LogP contribution in [-0.4, -0.2) is 36.1 Å². The van der Waals surface area contributed by atoms with Crippen molar-refractivity contribution in [2.24, 2.45) is 0 Å². The third-order valence-corrected chi connectivity index (χ3v) is 1.09. The Morgan fingerprint density at radius 3 is 2.42 bits per heavy atom. The predicted molar refractivity (Wildman–Crippen MR) is 43.4 cm³/mol. The van der Waals surface area contributed by atoms with Gasteiger partial charge >= 0.3 is 0 Å². The molecule has 0 aliphatic heterocycles. The molecular formula is C7H14N2O3. The van der Waals surface area contributed by atoms with Crippen LogP contribution in [0.5, 0.6) is 0 Å². The van der Waals surface area contributed by atoms with Crippen LogP contribution in [0.25, 0.3) is 0 Å². The largest absolute Gasteiger partial charge is 0.392 e. The van der Waals surface area contributed by atoms with Gasteiger partial charge in [-0.25, -0.2) is 0 Å². The van der Waals surface area contributed by atoms with Gasteiger partial charge in [-0.05, 0) is 6.92 Å². The van der Waals surface area contributed by atoms with Gasteiger partial charge in [-0.2, -0.15) is 0 Å². The Morgan fingerprint density at radius 2 is 2.00 bits per heavy atom. The molecule has 70 valence electrons. The van der Waals surface area contributed by atoms with Crippen molar-refractivity contribution < 1.29 is 14.7 Å². The number of hydrogen-bond donors (Lipinski definition) is 3. The minimum atomic E-state index is -0.564. The Balaban J connectivity index is 3.40. The summed E-state index contributed by atoms with van der Waals surface area (Å²) in [4.78, 5) is 21.2. The van der Waals surface area contributed by atoms with Crippen molar-refractivity contribution in [3.8, 4) is 0 Å². The molecule has 0 aromatic heterocycles. The molecular weight excluding hydrogens is 160 g/mol. The van der Waals surface area contributed by atoms with E-state index in [1.165, 1.54) is 6.92 Å². The second kappa shape index (κ2) is 5.54. The van der Waals surface area contributed by atoms with Crippen LogP contribution in [0.3, 0.4) is 0 Å². The molecule has 0 spiro atoms. The van der Waals surface area contributed by atoms with Gasteiger partial charge in [0.2, 0.25) is 11.8 Å². The smallest absolute Gasteiger partial charge is 0.239 e. The first-order valence-electron chi connectivity index (χ1n) is 3.71. The highest BCUT2D eigenvalue weighted by molar-refractivity contribution is 5.83. The van der Waals surface area contributed by atoms with Gasteiger partial charge in [-0.3, -0.25) is 9.59 Å². The molecule has 1 atom stereocenters. The summed E-state index contributed by atoms with van der Waals surface area (Å²) in [5.41, 5.74) is 0. The molecule has 0 aromatic carbocycles. The van der Waals surface area contributed by atoms with Crippen molar-refractivity contribution in [2.75, 3.05) is 13.1 Å². The van der Waals surface area contributed by atoms with E-state index in [-0.39, 0.29) is 24.9 Å². The minimum Gasteiger partial charge on any atom is -0.392 e.